The SMILES string of the molecule is N#Cc1ccc(SCCCO)cc1Cl. The van der Waals surface area contributed by atoms with Crippen LogP contribution in [0.5, 0.6) is 0 Å². The molecule has 0 radical (unpaired) electrons. The minimum Gasteiger partial charge on any atom is -0.396 e. The van der Waals surface area contributed by atoms with E-state index in [2.05, 4.69) is 0 Å². The first-order valence-corrected chi connectivity index (χ1v) is 5.57. The zero-order chi connectivity index (χ0) is 10.4. The first-order chi connectivity index (χ1) is 6.77. The Kier molecular flexibility index (Phi) is 4.81. The summed E-state index contributed by atoms with van der Waals surface area (Å²) >= 11 is 7.48. The van der Waals surface area contributed by atoms with E-state index in [1.807, 2.05) is 12.1 Å². The maximum Gasteiger partial charge on any atom is 0.101 e. The lowest BCUT2D eigenvalue weighted by Gasteiger charge is -2.01. The average molecular weight is 228 g/mol. The molecule has 1 N–H and O–H groups in total. The van der Waals surface area contributed by atoms with Crippen molar-refractivity contribution < 1.29 is 5.11 Å². The van der Waals surface area contributed by atoms with Gasteiger partial charge in [0.05, 0.1) is 10.6 Å². The Bertz CT molecular complexity index is 348. The van der Waals surface area contributed by atoms with Gasteiger partial charge in [0.1, 0.15) is 6.07 Å². The molecule has 14 heavy (non-hydrogen) atoms. The molecule has 0 amide bonds. The summed E-state index contributed by atoms with van der Waals surface area (Å²) in [5.74, 6) is 0.860. The van der Waals surface area contributed by atoms with Crippen molar-refractivity contribution in [1.82, 2.24) is 0 Å². The molecule has 74 valence electrons. The Labute approximate surface area is 92.5 Å². The molecule has 0 heterocycles. The van der Waals surface area contributed by atoms with Crippen LogP contribution in [0.25, 0.3) is 0 Å². The minimum absolute atomic E-state index is 0.205. The molecule has 0 spiro atoms. The van der Waals surface area contributed by atoms with Crippen molar-refractivity contribution in [3.63, 3.8) is 0 Å². The van der Waals surface area contributed by atoms with Gasteiger partial charge in [-0.15, -0.1) is 11.8 Å². The zero-order valence-corrected chi connectivity index (χ0v) is 9.11. The van der Waals surface area contributed by atoms with Crippen LogP contribution >= 0.6 is 23.4 Å². The van der Waals surface area contributed by atoms with Crippen LogP contribution in [0.2, 0.25) is 5.02 Å². The van der Waals surface area contributed by atoms with E-state index in [-0.39, 0.29) is 6.61 Å². The van der Waals surface area contributed by atoms with E-state index < -0.39 is 0 Å². The number of aliphatic hydroxyl groups is 1. The van der Waals surface area contributed by atoms with E-state index in [4.69, 9.17) is 22.0 Å². The van der Waals surface area contributed by atoms with E-state index in [1.54, 1.807) is 23.9 Å². The van der Waals surface area contributed by atoms with Crippen molar-refractivity contribution in [2.75, 3.05) is 12.4 Å². The lowest BCUT2D eigenvalue weighted by atomic mass is 10.2. The molecule has 0 saturated carbocycles. The quantitative estimate of drug-likeness (QED) is 0.636. The summed E-state index contributed by atoms with van der Waals surface area (Å²) in [6.45, 7) is 0.205. The van der Waals surface area contributed by atoms with E-state index in [0.29, 0.717) is 10.6 Å². The molecule has 0 aliphatic heterocycles. The predicted octanol–water partition coefficient (Wildman–Crippen LogP) is 2.69. The lowest BCUT2D eigenvalue weighted by molar-refractivity contribution is 0.296. The number of nitrogens with zero attached hydrogens (tertiary/aromatic N) is 1. The summed E-state index contributed by atoms with van der Waals surface area (Å²) in [6.07, 6.45) is 0.766. The van der Waals surface area contributed by atoms with Crippen molar-refractivity contribution in [1.29, 1.82) is 5.26 Å². The van der Waals surface area contributed by atoms with Gasteiger partial charge in [-0.2, -0.15) is 5.26 Å². The highest BCUT2D eigenvalue weighted by molar-refractivity contribution is 7.99. The second kappa shape index (κ2) is 5.92. The Morgan fingerprint density at radius 1 is 1.50 bits per heavy atom. The predicted molar refractivity (Wildman–Crippen MR) is 58.6 cm³/mol. The monoisotopic (exact) mass is 227 g/mol. The van der Waals surface area contributed by atoms with Gasteiger partial charge >= 0.3 is 0 Å². The van der Waals surface area contributed by atoms with E-state index >= 15 is 0 Å². The molecular weight excluding hydrogens is 218 g/mol. The third-order valence-corrected chi connectivity index (χ3v) is 3.02. The third-order valence-electron chi connectivity index (χ3n) is 1.63. The van der Waals surface area contributed by atoms with Gasteiger partial charge in [-0.25, -0.2) is 0 Å². The lowest BCUT2D eigenvalue weighted by Crippen LogP contribution is -1.86. The molecule has 0 aromatic heterocycles. The molecule has 0 atom stereocenters. The Morgan fingerprint density at radius 3 is 2.86 bits per heavy atom. The summed E-state index contributed by atoms with van der Waals surface area (Å²) in [6, 6.07) is 7.37. The highest BCUT2D eigenvalue weighted by atomic mass is 35.5. The Morgan fingerprint density at radius 2 is 2.29 bits per heavy atom. The molecule has 0 aliphatic carbocycles. The summed E-state index contributed by atoms with van der Waals surface area (Å²) in [5.41, 5.74) is 0.498. The number of halogens is 1. The molecular formula is C10H10ClNOS. The summed E-state index contributed by atoms with van der Waals surface area (Å²) in [5, 5.41) is 17.7. The normalized spacial score (nSPS) is 9.79. The molecule has 2 nitrogen and oxygen atoms in total. The van der Waals surface area contributed by atoms with Crippen molar-refractivity contribution in [2.24, 2.45) is 0 Å². The molecule has 1 rings (SSSR count). The van der Waals surface area contributed by atoms with Gasteiger partial charge in [-0.1, -0.05) is 11.6 Å². The number of hydrogen-bond acceptors (Lipinski definition) is 3. The summed E-state index contributed by atoms with van der Waals surface area (Å²) in [4.78, 5) is 1.03. The van der Waals surface area contributed by atoms with E-state index in [9.17, 15) is 0 Å². The van der Waals surface area contributed by atoms with Gasteiger partial charge in [-0.3, -0.25) is 0 Å². The second-order valence-electron chi connectivity index (χ2n) is 2.68. The molecule has 1 aromatic carbocycles. The average Bonchev–Trinajstić information content (AvgIpc) is 2.18. The van der Waals surface area contributed by atoms with Gasteiger partial charge in [0.15, 0.2) is 0 Å². The molecule has 4 heteroatoms. The van der Waals surface area contributed by atoms with E-state index in [0.717, 1.165) is 17.1 Å². The van der Waals surface area contributed by atoms with Crippen LogP contribution in [0, 0.1) is 11.3 Å². The number of rotatable bonds is 4. The number of benzene rings is 1. The number of nitriles is 1. The summed E-state index contributed by atoms with van der Waals surface area (Å²) in [7, 11) is 0. The molecule has 0 aliphatic rings. The fourth-order valence-electron chi connectivity index (χ4n) is 0.931. The van der Waals surface area contributed by atoms with Crippen molar-refractivity contribution in [3.05, 3.63) is 28.8 Å². The molecule has 1 aromatic rings. The highest BCUT2D eigenvalue weighted by Gasteiger charge is 2.00. The van der Waals surface area contributed by atoms with Gasteiger partial charge in [-0.05, 0) is 24.6 Å². The van der Waals surface area contributed by atoms with Crippen LogP contribution in [0.3, 0.4) is 0 Å². The molecule has 0 saturated heterocycles. The minimum atomic E-state index is 0.205. The van der Waals surface area contributed by atoms with Crippen LogP contribution in [0.1, 0.15) is 12.0 Å². The van der Waals surface area contributed by atoms with Gasteiger partial charge in [0, 0.05) is 17.3 Å². The molecule has 0 bridgehead atoms. The first kappa shape index (κ1) is 11.4. The van der Waals surface area contributed by atoms with E-state index in [1.165, 1.54) is 0 Å². The summed E-state index contributed by atoms with van der Waals surface area (Å²) < 4.78 is 0. The second-order valence-corrected chi connectivity index (χ2v) is 4.25. The van der Waals surface area contributed by atoms with Gasteiger partial charge in [0.25, 0.3) is 0 Å². The van der Waals surface area contributed by atoms with Crippen LogP contribution in [0.4, 0.5) is 0 Å². The zero-order valence-electron chi connectivity index (χ0n) is 7.53. The number of thioether (sulfide) groups is 1. The third kappa shape index (κ3) is 3.22. The number of hydrogen-bond donors (Lipinski definition) is 1. The maximum atomic E-state index is 8.65. The maximum absolute atomic E-state index is 8.65. The largest absolute Gasteiger partial charge is 0.396 e. The van der Waals surface area contributed by atoms with Gasteiger partial charge in [0.2, 0.25) is 0 Å². The Balaban J connectivity index is 2.63. The fourth-order valence-corrected chi connectivity index (χ4v) is 2.09. The first-order valence-electron chi connectivity index (χ1n) is 4.21. The van der Waals surface area contributed by atoms with Crippen LogP contribution in [-0.4, -0.2) is 17.5 Å². The van der Waals surface area contributed by atoms with Crippen molar-refractivity contribution >= 4 is 23.4 Å². The number of aliphatic hydroxyl groups excluding tert-OH is 1. The van der Waals surface area contributed by atoms with Crippen LogP contribution in [-0.2, 0) is 0 Å². The van der Waals surface area contributed by atoms with Crippen molar-refractivity contribution in [3.8, 4) is 6.07 Å². The molecule has 0 unspecified atom stereocenters. The topological polar surface area (TPSA) is 44.0 Å². The van der Waals surface area contributed by atoms with Crippen molar-refractivity contribution in [2.45, 2.75) is 11.3 Å². The Hall–Kier alpha value is -0.690. The fraction of sp³-hybridized carbons (Fsp3) is 0.300. The van der Waals surface area contributed by atoms with Crippen LogP contribution in [0.15, 0.2) is 23.1 Å². The molecule has 0 fully saturated rings. The van der Waals surface area contributed by atoms with Gasteiger partial charge < -0.3 is 5.11 Å². The highest BCUT2D eigenvalue weighted by Crippen LogP contribution is 2.24. The standard InChI is InChI=1S/C10H10ClNOS/c11-10-6-9(14-5-1-4-13)3-2-8(10)7-12/h2-3,6,13H,1,4-5H2. The van der Waals surface area contributed by atoms with Crippen LogP contribution < -0.4 is 0 Å². The smallest absolute Gasteiger partial charge is 0.101 e.